The number of ether oxygens (including phenoxy) is 1. The van der Waals surface area contributed by atoms with E-state index in [0.29, 0.717) is 12.5 Å². The second kappa shape index (κ2) is 9.18. The molecule has 25 heavy (non-hydrogen) atoms. The maximum atomic E-state index is 11.6. The number of aromatic nitrogens is 1. The highest BCUT2D eigenvalue weighted by Gasteiger charge is 2.18. The lowest BCUT2D eigenvalue weighted by Gasteiger charge is -2.16. The number of rotatable bonds is 9. The van der Waals surface area contributed by atoms with Crippen LogP contribution in [-0.2, 0) is 17.9 Å². The SMILES string of the molecule is O=C1CCCN1CCCNCc1ccccc1OCc1cccnc1. The van der Waals surface area contributed by atoms with Gasteiger partial charge < -0.3 is 15.0 Å². The average molecular weight is 339 g/mol. The van der Waals surface area contributed by atoms with Crippen molar-refractivity contribution in [3.63, 3.8) is 0 Å². The van der Waals surface area contributed by atoms with E-state index in [4.69, 9.17) is 4.74 Å². The van der Waals surface area contributed by atoms with Gasteiger partial charge in [-0.25, -0.2) is 0 Å². The van der Waals surface area contributed by atoms with Crippen molar-refractivity contribution < 1.29 is 9.53 Å². The summed E-state index contributed by atoms with van der Waals surface area (Å²) >= 11 is 0. The second-order valence-corrected chi connectivity index (χ2v) is 6.27. The van der Waals surface area contributed by atoms with Crippen LogP contribution in [0.1, 0.15) is 30.4 Å². The summed E-state index contributed by atoms with van der Waals surface area (Å²) < 4.78 is 5.94. The largest absolute Gasteiger partial charge is 0.489 e. The van der Waals surface area contributed by atoms with Gasteiger partial charge in [0.05, 0.1) is 0 Å². The van der Waals surface area contributed by atoms with Crippen molar-refractivity contribution in [3.05, 3.63) is 59.9 Å². The number of likely N-dealkylation sites (tertiary alicyclic amines) is 1. The van der Waals surface area contributed by atoms with Gasteiger partial charge in [0.1, 0.15) is 12.4 Å². The van der Waals surface area contributed by atoms with Crippen molar-refractivity contribution >= 4 is 5.91 Å². The molecule has 0 spiro atoms. The minimum Gasteiger partial charge on any atom is -0.489 e. The fourth-order valence-corrected chi connectivity index (χ4v) is 2.99. The lowest BCUT2D eigenvalue weighted by atomic mass is 10.2. The highest BCUT2D eigenvalue weighted by molar-refractivity contribution is 5.77. The smallest absolute Gasteiger partial charge is 0.222 e. The summed E-state index contributed by atoms with van der Waals surface area (Å²) in [7, 11) is 0. The number of hydrogen-bond acceptors (Lipinski definition) is 4. The molecule has 2 aromatic rings. The van der Waals surface area contributed by atoms with Gasteiger partial charge in [0.2, 0.25) is 5.91 Å². The molecule has 0 radical (unpaired) electrons. The van der Waals surface area contributed by atoms with Gasteiger partial charge in [0, 0.05) is 49.6 Å². The maximum Gasteiger partial charge on any atom is 0.222 e. The average Bonchev–Trinajstić information content (AvgIpc) is 3.06. The molecule has 1 aromatic carbocycles. The Labute approximate surface area is 149 Å². The molecule has 0 atom stereocenters. The van der Waals surface area contributed by atoms with E-state index in [1.807, 2.05) is 41.4 Å². The Morgan fingerprint density at radius 1 is 1.20 bits per heavy atom. The predicted octanol–water partition coefficient (Wildman–Crippen LogP) is 2.76. The zero-order chi connectivity index (χ0) is 17.3. The van der Waals surface area contributed by atoms with Gasteiger partial charge in [0.15, 0.2) is 0 Å². The molecular formula is C20H25N3O2. The van der Waals surface area contributed by atoms with Crippen molar-refractivity contribution in [3.8, 4) is 5.75 Å². The summed E-state index contributed by atoms with van der Waals surface area (Å²) in [5, 5.41) is 3.45. The van der Waals surface area contributed by atoms with E-state index in [2.05, 4.69) is 16.4 Å². The number of hydrogen-bond donors (Lipinski definition) is 1. The Morgan fingerprint density at radius 3 is 2.92 bits per heavy atom. The summed E-state index contributed by atoms with van der Waals surface area (Å²) in [6.07, 6.45) is 6.28. The van der Waals surface area contributed by atoms with Gasteiger partial charge in [-0.1, -0.05) is 24.3 Å². The van der Waals surface area contributed by atoms with Gasteiger partial charge in [-0.05, 0) is 31.5 Å². The molecule has 132 valence electrons. The first kappa shape index (κ1) is 17.4. The highest BCUT2D eigenvalue weighted by Crippen LogP contribution is 2.19. The van der Waals surface area contributed by atoms with E-state index < -0.39 is 0 Å². The molecule has 1 fully saturated rings. The van der Waals surface area contributed by atoms with Crippen LogP contribution in [0, 0.1) is 0 Å². The van der Waals surface area contributed by atoms with Crippen molar-refractivity contribution in [1.82, 2.24) is 15.2 Å². The number of nitrogens with one attached hydrogen (secondary N) is 1. The van der Waals surface area contributed by atoms with Crippen LogP contribution in [0.3, 0.4) is 0 Å². The summed E-state index contributed by atoms with van der Waals surface area (Å²) in [6.45, 7) is 3.94. The maximum absolute atomic E-state index is 11.6. The molecule has 1 aliphatic rings. The first-order valence-corrected chi connectivity index (χ1v) is 8.91. The Hall–Kier alpha value is -2.40. The molecular weight excluding hydrogens is 314 g/mol. The zero-order valence-electron chi connectivity index (χ0n) is 14.5. The van der Waals surface area contributed by atoms with Gasteiger partial charge in [-0.2, -0.15) is 0 Å². The number of para-hydroxylation sites is 1. The van der Waals surface area contributed by atoms with Crippen LogP contribution >= 0.6 is 0 Å². The van der Waals surface area contributed by atoms with Crippen LogP contribution in [0.25, 0.3) is 0 Å². The molecule has 1 aromatic heterocycles. The molecule has 3 rings (SSSR count). The van der Waals surface area contributed by atoms with E-state index in [0.717, 1.165) is 62.3 Å². The first-order chi connectivity index (χ1) is 12.3. The van der Waals surface area contributed by atoms with Crippen LogP contribution in [0.4, 0.5) is 0 Å². The monoisotopic (exact) mass is 339 g/mol. The Kier molecular flexibility index (Phi) is 6.40. The predicted molar refractivity (Wildman–Crippen MR) is 97.1 cm³/mol. The molecule has 0 aliphatic carbocycles. The van der Waals surface area contributed by atoms with Gasteiger partial charge in [0.25, 0.3) is 0 Å². The normalized spacial score (nSPS) is 14.1. The van der Waals surface area contributed by atoms with E-state index in [9.17, 15) is 4.79 Å². The molecule has 1 saturated heterocycles. The standard InChI is InChI=1S/C20H25N3O2/c24-20-9-4-12-23(20)13-5-11-22-15-18-7-1-2-8-19(18)25-16-17-6-3-10-21-14-17/h1-3,6-8,10,14,22H,4-5,9,11-13,15-16H2. The van der Waals surface area contributed by atoms with E-state index in [1.54, 1.807) is 6.20 Å². The van der Waals surface area contributed by atoms with Gasteiger partial charge >= 0.3 is 0 Å². The van der Waals surface area contributed by atoms with Crippen molar-refractivity contribution in [2.24, 2.45) is 0 Å². The van der Waals surface area contributed by atoms with Crippen LogP contribution < -0.4 is 10.1 Å². The van der Waals surface area contributed by atoms with E-state index >= 15 is 0 Å². The number of carbonyl (C=O) groups excluding carboxylic acids is 1. The van der Waals surface area contributed by atoms with Crippen molar-refractivity contribution in [2.45, 2.75) is 32.4 Å². The fraction of sp³-hybridized carbons (Fsp3) is 0.400. The van der Waals surface area contributed by atoms with Crippen LogP contribution in [-0.4, -0.2) is 35.4 Å². The molecule has 0 bridgehead atoms. The van der Waals surface area contributed by atoms with Gasteiger partial charge in [-0.15, -0.1) is 0 Å². The topological polar surface area (TPSA) is 54.5 Å². The second-order valence-electron chi connectivity index (χ2n) is 6.27. The third-order valence-electron chi connectivity index (χ3n) is 4.36. The van der Waals surface area contributed by atoms with Crippen molar-refractivity contribution in [2.75, 3.05) is 19.6 Å². The van der Waals surface area contributed by atoms with E-state index in [-0.39, 0.29) is 0 Å². The lowest BCUT2D eigenvalue weighted by Crippen LogP contribution is -2.28. The minimum atomic E-state index is 0.300. The lowest BCUT2D eigenvalue weighted by molar-refractivity contribution is -0.127. The number of benzene rings is 1. The molecule has 5 nitrogen and oxygen atoms in total. The number of amides is 1. The third-order valence-corrected chi connectivity index (χ3v) is 4.36. The molecule has 0 saturated carbocycles. The molecule has 1 amide bonds. The number of pyridine rings is 1. The highest BCUT2D eigenvalue weighted by atomic mass is 16.5. The Bertz CT molecular complexity index is 676. The fourth-order valence-electron chi connectivity index (χ4n) is 2.99. The molecule has 1 aliphatic heterocycles. The summed E-state index contributed by atoms with van der Waals surface area (Å²) in [5.74, 6) is 1.20. The zero-order valence-corrected chi connectivity index (χ0v) is 14.5. The Morgan fingerprint density at radius 2 is 2.12 bits per heavy atom. The van der Waals surface area contributed by atoms with E-state index in [1.165, 1.54) is 0 Å². The number of nitrogens with zero attached hydrogens (tertiary/aromatic N) is 2. The summed E-state index contributed by atoms with van der Waals surface area (Å²) in [6, 6.07) is 12.0. The summed E-state index contributed by atoms with van der Waals surface area (Å²) in [5.41, 5.74) is 2.20. The van der Waals surface area contributed by atoms with Crippen LogP contribution in [0.15, 0.2) is 48.8 Å². The summed E-state index contributed by atoms with van der Waals surface area (Å²) in [4.78, 5) is 17.6. The molecule has 2 heterocycles. The molecule has 0 unspecified atom stereocenters. The van der Waals surface area contributed by atoms with Crippen LogP contribution in [0.5, 0.6) is 5.75 Å². The van der Waals surface area contributed by atoms with Crippen molar-refractivity contribution in [1.29, 1.82) is 0 Å². The van der Waals surface area contributed by atoms with Gasteiger partial charge in [-0.3, -0.25) is 9.78 Å². The third kappa shape index (κ3) is 5.29. The molecule has 5 heteroatoms. The number of carbonyl (C=O) groups is 1. The quantitative estimate of drug-likeness (QED) is 0.714. The first-order valence-electron chi connectivity index (χ1n) is 8.91. The molecule has 1 N–H and O–H groups in total. The Balaban J connectivity index is 1.42. The minimum absolute atomic E-state index is 0.300. The van der Waals surface area contributed by atoms with Crippen LogP contribution in [0.2, 0.25) is 0 Å².